The summed E-state index contributed by atoms with van der Waals surface area (Å²) >= 11 is 0. The first-order valence-electron chi connectivity index (χ1n) is 6.79. The van der Waals surface area contributed by atoms with Crippen LogP contribution in [0.25, 0.3) is 0 Å². The molecular weight excluding hydrogens is 302 g/mol. The Labute approximate surface area is 129 Å². The molecule has 0 heterocycles. The molecule has 2 rings (SSSR count). The molecule has 0 aliphatic carbocycles. The maximum atomic E-state index is 12.1. The van der Waals surface area contributed by atoms with Crippen molar-refractivity contribution in [3.63, 3.8) is 0 Å². The van der Waals surface area contributed by atoms with Gasteiger partial charge in [-0.3, -0.25) is 9.35 Å². The Kier molecular flexibility index (Phi) is 4.63. The largest absolute Gasteiger partial charge is 0.322 e. The predicted molar refractivity (Wildman–Crippen MR) is 84.8 cm³/mol. The SMILES string of the molecule is CCc1ccc(C(=O)Nc2ccc(S(=O)(=O)O)c(C)c2)cc1. The lowest BCUT2D eigenvalue weighted by Crippen LogP contribution is -2.12. The Morgan fingerprint density at radius 2 is 1.77 bits per heavy atom. The summed E-state index contributed by atoms with van der Waals surface area (Å²) in [6.45, 7) is 3.59. The fourth-order valence-electron chi connectivity index (χ4n) is 2.11. The highest BCUT2D eigenvalue weighted by molar-refractivity contribution is 7.85. The predicted octanol–water partition coefficient (Wildman–Crippen LogP) is 3.06. The zero-order valence-electron chi connectivity index (χ0n) is 12.3. The zero-order chi connectivity index (χ0) is 16.3. The molecule has 0 saturated carbocycles. The van der Waals surface area contributed by atoms with E-state index < -0.39 is 10.1 Å². The van der Waals surface area contributed by atoms with Crippen LogP contribution in [-0.4, -0.2) is 18.9 Å². The third-order valence-electron chi connectivity index (χ3n) is 3.34. The molecule has 0 fully saturated rings. The standard InChI is InChI=1S/C16H17NO4S/c1-3-12-4-6-13(7-5-12)16(18)17-14-8-9-15(11(2)10-14)22(19,20)21/h4-10H,3H2,1-2H3,(H,17,18)(H,19,20,21). The van der Waals surface area contributed by atoms with E-state index in [1.165, 1.54) is 18.2 Å². The molecule has 0 radical (unpaired) electrons. The molecule has 2 N–H and O–H groups in total. The van der Waals surface area contributed by atoms with Crippen LogP contribution in [0.2, 0.25) is 0 Å². The second-order valence-corrected chi connectivity index (χ2v) is 6.35. The topological polar surface area (TPSA) is 83.5 Å². The average Bonchev–Trinajstić information content (AvgIpc) is 2.46. The molecule has 2 aromatic carbocycles. The number of rotatable bonds is 4. The number of nitrogens with one attached hydrogen (secondary N) is 1. The second-order valence-electron chi connectivity index (χ2n) is 4.96. The summed E-state index contributed by atoms with van der Waals surface area (Å²) in [6, 6.07) is 11.5. The van der Waals surface area contributed by atoms with Crippen molar-refractivity contribution < 1.29 is 17.8 Å². The average molecular weight is 319 g/mol. The van der Waals surface area contributed by atoms with Crippen LogP contribution in [0.1, 0.15) is 28.4 Å². The quantitative estimate of drug-likeness (QED) is 0.848. The molecule has 0 aromatic heterocycles. The maximum Gasteiger partial charge on any atom is 0.294 e. The second kappa shape index (κ2) is 6.29. The number of hydrogen-bond acceptors (Lipinski definition) is 3. The molecule has 0 bridgehead atoms. The molecule has 6 heteroatoms. The summed E-state index contributed by atoms with van der Waals surface area (Å²) in [5.41, 5.74) is 2.50. The van der Waals surface area contributed by atoms with Gasteiger partial charge < -0.3 is 5.32 Å². The molecule has 116 valence electrons. The van der Waals surface area contributed by atoms with Gasteiger partial charge in [-0.25, -0.2) is 0 Å². The van der Waals surface area contributed by atoms with Gasteiger partial charge in [-0.05, 0) is 54.8 Å². The lowest BCUT2D eigenvalue weighted by Gasteiger charge is -2.08. The van der Waals surface area contributed by atoms with Gasteiger partial charge in [-0.2, -0.15) is 8.42 Å². The van der Waals surface area contributed by atoms with Crippen LogP contribution >= 0.6 is 0 Å². The van der Waals surface area contributed by atoms with Crippen LogP contribution in [0.5, 0.6) is 0 Å². The summed E-state index contributed by atoms with van der Waals surface area (Å²) in [5, 5.41) is 2.70. The Hall–Kier alpha value is -2.18. The normalized spacial score (nSPS) is 11.2. The van der Waals surface area contributed by atoms with Crippen LogP contribution in [-0.2, 0) is 16.5 Å². The molecule has 0 aliphatic heterocycles. The minimum Gasteiger partial charge on any atom is -0.322 e. The van der Waals surface area contributed by atoms with Crippen molar-refractivity contribution in [2.24, 2.45) is 0 Å². The summed E-state index contributed by atoms with van der Waals surface area (Å²) < 4.78 is 31.3. The lowest BCUT2D eigenvalue weighted by atomic mass is 10.1. The van der Waals surface area contributed by atoms with E-state index in [9.17, 15) is 13.2 Å². The molecule has 0 saturated heterocycles. The van der Waals surface area contributed by atoms with Crippen LogP contribution in [0.15, 0.2) is 47.4 Å². The Bertz CT molecular complexity index is 795. The van der Waals surface area contributed by atoms with Crippen molar-refractivity contribution >= 4 is 21.7 Å². The first kappa shape index (κ1) is 16.2. The maximum absolute atomic E-state index is 12.1. The minimum absolute atomic E-state index is 0.169. The third kappa shape index (κ3) is 3.72. The van der Waals surface area contributed by atoms with Crippen molar-refractivity contribution in [3.05, 3.63) is 59.2 Å². The van der Waals surface area contributed by atoms with Gasteiger partial charge in [0.25, 0.3) is 16.0 Å². The van der Waals surface area contributed by atoms with Gasteiger partial charge in [0.05, 0.1) is 4.90 Å². The number of amides is 1. The van der Waals surface area contributed by atoms with Crippen molar-refractivity contribution in [1.29, 1.82) is 0 Å². The Balaban J connectivity index is 2.19. The molecule has 0 unspecified atom stereocenters. The zero-order valence-corrected chi connectivity index (χ0v) is 13.1. The number of anilines is 1. The molecule has 0 aliphatic rings. The van der Waals surface area contributed by atoms with Gasteiger partial charge in [-0.15, -0.1) is 0 Å². The van der Waals surface area contributed by atoms with Crippen molar-refractivity contribution in [1.82, 2.24) is 0 Å². The molecule has 22 heavy (non-hydrogen) atoms. The highest BCUT2D eigenvalue weighted by Gasteiger charge is 2.14. The van der Waals surface area contributed by atoms with Crippen LogP contribution in [0.4, 0.5) is 5.69 Å². The van der Waals surface area contributed by atoms with E-state index in [4.69, 9.17) is 4.55 Å². The first-order valence-corrected chi connectivity index (χ1v) is 8.23. The van der Waals surface area contributed by atoms with E-state index in [-0.39, 0.29) is 10.8 Å². The van der Waals surface area contributed by atoms with Gasteiger partial charge in [-0.1, -0.05) is 19.1 Å². The van der Waals surface area contributed by atoms with Gasteiger partial charge in [0.15, 0.2) is 0 Å². The molecular formula is C16H17NO4S. The van der Waals surface area contributed by atoms with E-state index in [2.05, 4.69) is 5.32 Å². The Morgan fingerprint density at radius 3 is 2.27 bits per heavy atom. The van der Waals surface area contributed by atoms with Crippen LogP contribution < -0.4 is 5.32 Å². The first-order chi connectivity index (χ1) is 10.3. The van der Waals surface area contributed by atoms with Crippen LogP contribution in [0, 0.1) is 6.92 Å². The van der Waals surface area contributed by atoms with Crippen molar-refractivity contribution in [2.45, 2.75) is 25.2 Å². The summed E-state index contributed by atoms with van der Waals surface area (Å²) in [5.74, 6) is -0.276. The van der Waals surface area contributed by atoms with Gasteiger partial charge in [0.2, 0.25) is 0 Å². The number of carbonyl (C=O) groups is 1. The highest BCUT2D eigenvalue weighted by atomic mass is 32.2. The molecule has 2 aromatic rings. The monoisotopic (exact) mass is 319 g/mol. The lowest BCUT2D eigenvalue weighted by molar-refractivity contribution is 0.102. The van der Waals surface area contributed by atoms with Gasteiger partial charge in [0.1, 0.15) is 0 Å². The molecule has 1 amide bonds. The van der Waals surface area contributed by atoms with Gasteiger partial charge in [0, 0.05) is 11.3 Å². The third-order valence-corrected chi connectivity index (χ3v) is 4.35. The highest BCUT2D eigenvalue weighted by Crippen LogP contribution is 2.20. The van der Waals surface area contributed by atoms with E-state index in [1.807, 2.05) is 19.1 Å². The van der Waals surface area contributed by atoms with Crippen molar-refractivity contribution in [3.8, 4) is 0 Å². The number of carbonyl (C=O) groups excluding carboxylic acids is 1. The summed E-state index contributed by atoms with van der Waals surface area (Å²) in [6.07, 6.45) is 0.901. The number of aryl methyl sites for hydroxylation is 2. The van der Waals surface area contributed by atoms with E-state index >= 15 is 0 Å². The molecule has 5 nitrogen and oxygen atoms in total. The minimum atomic E-state index is -4.25. The molecule has 0 atom stereocenters. The number of benzene rings is 2. The van der Waals surface area contributed by atoms with Crippen LogP contribution in [0.3, 0.4) is 0 Å². The molecule has 0 spiro atoms. The van der Waals surface area contributed by atoms with E-state index in [1.54, 1.807) is 19.1 Å². The Morgan fingerprint density at radius 1 is 1.14 bits per heavy atom. The van der Waals surface area contributed by atoms with E-state index in [0.29, 0.717) is 16.8 Å². The van der Waals surface area contributed by atoms with E-state index in [0.717, 1.165) is 12.0 Å². The smallest absolute Gasteiger partial charge is 0.294 e. The fourth-order valence-corrected chi connectivity index (χ4v) is 2.82. The summed E-state index contributed by atoms with van der Waals surface area (Å²) in [4.78, 5) is 12.0. The van der Waals surface area contributed by atoms with Crippen molar-refractivity contribution in [2.75, 3.05) is 5.32 Å². The fraction of sp³-hybridized carbons (Fsp3) is 0.188. The summed E-state index contributed by atoms with van der Waals surface area (Å²) in [7, 11) is -4.25. The number of hydrogen-bond donors (Lipinski definition) is 2. The van der Waals surface area contributed by atoms with Gasteiger partial charge >= 0.3 is 0 Å².